The zero-order chi connectivity index (χ0) is 20.1. The normalized spacial score (nSPS) is 12.4. The zero-order valence-corrected chi connectivity index (χ0v) is 16.8. The Bertz CT molecular complexity index is 1010. The Labute approximate surface area is 168 Å². The Morgan fingerprint density at radius 2 is 1.89 bits per heavy atom. The molecular formula is C21H24ClN3O3. The Morgan fingerprint density at radius 1 is 1.18 bits per heavy atom. The molecule has 0 fully saturated rings. The smallest absolute Gasteiger partial charge is 0.408 e. The van der Waals surface area contributed by atoms with E-state index in [0.29, 0.717) is 36.5 Å². The van der Waals surface area contributed by atoms with Crippen molar-refractivity contribution in [3.05, 3.63) is 69.7 Å². The van der Waals surface area contributed by atoms with Gasteiger partial charge in [-0.3, -0.25) is 9.36 Å². The van der Waals surface area contributed by atoms with Gasteiger partial charge in [0, 0.05) is 24.5 Å². The number of para-hydroxylation sites is 2. The number of oxazole rings is 1. The molecule has 0 bridgehead atoms. The van der Waals surface area contributed by atoms with Gasteiger partial charge in [-0.1, -0.05) is 41.9 Å². The highest BCUT2D eigenvalue weighted by atomic mass is 35.5. The Balaban J connectivity index is 1.54. The van der Waals surface area contributed by atoms with Crippen molar-refractivity contribution in [2.45, 2.75) is 25.4 Å². The lowest BCUT2D eigenvalue weighted by atomic mass is 10.1. The van der Waals surface area contributed by atoms with Crippen LogP contribution in [-0.2, 0) is 11.3 Å². The van der Waals surface area contributed by atoms with Gasteiger partial charge in [-0.2, -0.15) is 0 Å². The van der Waals surface area contributed by atoms with E-state index >= 15 is 0 Å². The van der Waals surface area contributed by atoms with Crippen molar-refractivity contribution in [2.75, 3.05) is 20.6 Å². The van der Waals surface area contributed by atoms with Crippen LogP contribution in [0.4, 0.5) is 0 Å². The molecule has 3 aromatic rings. The number of amides is 1. The molecule has 0 aliphatic heterocycles. The van der Waals surface area contributed by atoms with E-state index in [0.717, 1.165) is 11.1 Å². The Kier molecular flexibility index (Phi) is 6.54. The molecule has 6 nitrogen and oxygen atoms in total. The molecule has 1 atom stereocenters. The van der Waals surface area contributed by atoms with Crippen LogP contribution in [0.15, 0.2) is 57.7 Å². The minimum absolute atomic E-state index is 0.0157. The van der Waals surface area contributed by atoms with Crippen LogP contribution < -0.4 is 11.1 Å². The first-order valence-electron chi connectivity index (χ1n) is 9.23. The van der Waals surface area contributed by atoms with E-state index in [9.17, 15) is 9.59 Å². The molecule has 1 amide bonds. The molecule has 0 saturated carbocycles. The number of nitrogens with zero attached hydrogens (tertiary/aromatic N) is 2. The van der Waals surface area contributed by atoms with Gasteiger partial charge in [0.15, 0.2) is 5.58 Å². The Morgan fingerprint density at radius 3 is 2.64 bits per heavy atom. The summed E-state index contributed by atoms with van der Waals surface area (Å²) in [6.07, 6.45) is 0.878. The summed E-state index contributed by atoms with van der Waals surface area (Å²) in [7, 11) is 3.91. The monoisotopic (exact) mass is 401 g/mol. The lowest BCUT2D eigenvalue weighted by molar-refractivity contribution is -0.121. The van der Waals surface area contributed by atoms with Crippen LogP contribution in [0.5, 0.6) is 0 Å². The molecule has 0 radical (unpaired) electrons. The number of rotatable bonds is 8. The van der Waals surface area contributed by atoms with Crippen molar-refractivity contribution in [3.63, 3.8) is 0 Å². The minimum atomic E-state index is -0.395. The fourth-order valence-corrected chi connectivity index (χ4v) is 3.50. The van der Waals surface area contributed by atoms with Gasteiger partial charge < -0.3 is 14.6 Å². The molecule has 1 heterocycles. The van der Waals surface area contributed by atoms with Crippen LogP contribution in [0.2, 0.25) is 5.02 Å². The van der Waals surface area contributed by atoms with Crippen molar-refractivity contribution < 1.29 is 9.21 Å². The first-order chi connectivity index (χ1) is 13.5. The first kappa shape index (κ1) is 20.2. The van der Waals surface area contributed by atoms with Crippen LogP contribution in [0.1, 0.15) is 24.4 Å². The van der Waals surface area contributed by atoms with Crippen LogP contribution >= 0.6 is 11.6 Å². The fraction of sp³-hybridized carbons (Fsp3) is 0.333. The zero-order valence-electron chi connectivity index (χ0n) is 16.0. The fourth-order valence-electron chi connectivity index (χ4n) is 3.24. The summed E-state index contributed by atoms with van der Waals surface area (Å²) in [5, 5.41) is 3.65. The van der Waals surface area contributed by atoms with E-state index < -0.39 is 5.76 Å². The van der Waals surface area contributed by atoms with Gasteiger partial charge >= 0.3 is 5.76 Å². The molecular weight excluding hydrogens is 378 g/mol. The molecule has 7 heteroatoms. The van der Waals surface area contributed by atoms with E-state index in [2.05, 4.69) is 5.32 Å². The third-order valence-corrected chi connectivity index (χ3v) is 5.08. The number of nitrogens with one attached hydrogen (secondary N) is 1. The summed E-state index contributed by atoms with van der Waals surface area (Å²) < 4.78 is 6.78. The molecule has 1 aromatic heterocycles. The predicted molar refractivity (Wildman–Crippen MR) is 111 cm³/mol. The van der Waals surface area contributed by atoms with Crippen LogP contribution in [0.25, 0.3) is 11.1 Å². The highest BCUT2D eigenvalue weighted by Crippen LogP contribution is 2.25. The third kappa shape index (κ3) is 4.64. The average Bonchev–Trinajstić information content (AvgIpc) is 2.98. The van der Waals surface area contributed by atoms with Crippen molar-refractivity contribution >= 4 is 28.6 Å². The van der Waals surface area contributed by atoms with Crippen LogP contribution in [0, 0.1) is 0 Å². The number of benzene rings is 2. The second kappa shape index (κ2) is 9.08. The number of halogens is 1. The standard InChI is InChI=1S/C21H24ClN3O3/c1-24(2)18(15-8-3-4-9-16(15)22)14-23-20(26)12-7-13-25-17-10-5-6-11-19(17)28-21(25)27/h3-6,8-11,18H,7,12-14H2,1-2H3,(H,23,26)/t18-/m0/s1. The minimum Gasteiger partial charge on any atom is -0.408 e. The molecule has 0 spiro atoms. The molecule has 2 aromatic carbocycles. The summed E-state index contributed by atoms with van der Waals surface area (Å²) in [5.41, 5.74) is 2.29. The van der Waals surface area contributed by atoms with E-state index in [-0.39, 0.29) is 11.9 Å². The van der Waals surface area contributed by atoms with E-state index in [1.165, 1.54) is 0 Å². The highest BCUT2D eigenvalue weighted by Gasteiger charge is 2.18. The number of carbonyl (C=O) groups is 1. The number of carbonyl (C=O) groups excluding carboxylic acids is 1. The molecule has 0 unspecified atom stereocenters. The lowest BCUT2D eigenvalue weighted by Crippen LogP contribution is -2.34. The number of aromatic nitrogens is 1. The number of likely N-dealkylation sites (N-methyl/N-ethyl adjacent to an activating group) is 1. The van der Waals surface area contributed by atoms with Gasteiger partial charge in [0.05, 0.1) is 11.6 Å². The summed E-state index contributed by atoms with van der Waals surface area (Å²) in [6.45, 7) is 0.898. The van der Waals surface area contributed by atoms with Gasteiger partial charge in [0.1, 0.15) is 0 Å². The highest BCUT2D eigenvalue weighted by molar-refractivity contribution is 6.31. The second-order valence-electron chi connectivity index (χ2n) is 6.90. The van der Waals surface area contributed by atoms with Gasteiger partial charge in [-0.15, -0.1) is 0 Å². The molecule has 1 N–H and O–H groups in total. The van der Waals surface area contributed by atoms with E-state index in [1.54, 1.807) is 10.6 Å². The van der Waals surface area contributed by atoms with Crippen molar-refractivity contribution in [3.8, 4) is 0 Å². The predicted octanol–water partition coefficient (Wildman–Crippen LogP) is 3.45. The maximum Gasteiger partial charge on any atom is 0.419 e. The first-order valence-corrected chi connectivity index (χ1v) is 9.61. The maximum absolute atomic E-state index is 12.3. The molecule has 28 heavy (non-hydrogen) atoms. The van der Waals surface area contributed by atoms with E-state index in [4.69, 9.17) is 16.0 Å². The lowest BCUT2D eigenvalue weighted by Gasteiger charge is -2.26. The summed E-state index contributed by atoms with van der Waals surface area (Å²) in [6, 6.07) is 14.9. The summed E-state index contributed by atoms with van der Waals surface area (Å²) in [4.78, 5) is 26.3. The number of fused-ring (bicyclic) bond motifs is 1. The van der Waals surface area contributed by atoms with E-state index in [1.807, 2.05) is 61.5 Å². The number of hydrogen-bond donors (Lipinski definition) is 1. The van der Waals surface area contributed by atoms with Gasteiger partial charge in [0.2, 0.25) is 5.91 Å². The number of aryl methyl sites for hydroxylation is 1. The SMILES string of the molecule is CN(C)[C@@H](CNC(=O)CCCn1c(=O)oc2ccccc21)c1ccccc1Cl. The van der Waals surface area contributed by atoms with Crippen molar-refractivity contribution in [1.29, 1.82) is 0 Å². The van der Waals surface area contributed by atoms with Gasteiger partial charge in [-0.25, -0.2) is 4.79 Å². The van der Waals surface area contributed by atoms with Gasteiger partial charge in [-0.05, 0) is 44.3 Å². The molecule has 0 saturated heterocycles. The molecule has 0 aliphatic carbocycles. The summed E-state index contributed by atoms with van der Waals surface area (Å²) >= 11 is 6.30. The van der Waals surface area contributed by atoms with Crippen molar-refractivity contribution in [2.24, 2.45) is 0 Å². The van der Waals surface area contributed by atoms with Crippen LogP contribution in [0.3, 0.4) is 0 Å². The average molecular weight is 402 g/mol. The largest absolute Gasteiger partial charge is 0.419 e. The quantitative estimate of drug-likeness (QED) is 0.627. The van der Waals surface area contributed by atoms with Crippen LogP contribution in [-0.4, -0.2) is 36.0 Å². The van der Waals surface area contributed by atoms with Gasteiger partial charge in [0.25, 0.3) is 0 Å². The number of hydrogen-bond acceptors (Lipinski definition) is 4. The maximum atomic E-state index is 12.3. The Hall–Kier alpha value is -2.57. The third-order valence-electron chi connectivity index (χ3n) is 4.74. The molecule has 0 aliphatic rings. The molecule has 3 rings (SSSR count). The van der Waals surface area contributed by atoms with Crippen molar-refractivity contribution in [1.82, 2.24) is 14.8 Å². The molecule has 148 valence electrons. The summed E-state index contributed by atoms with van der Waals surface area (Å²) in [5.74, 6) is -0.451. The second-order valence-corrected chi connectivity index (χ2v) is 7.30. The topological polar surface area (TPSA) is 67.5 Å².